The summed E-state index contributed by atoms with van der Waals surface area (Å²) in [5.74, 6) is 0.441. The van der Waals surface area contributed by atoms with Crippen LogP contribution in [-0.2, 0) is 0 Å². The topological polar surface area (TPSA) is 51.8 Å². The highest BCUT2D eigenvalue weighted by atomic mass is 19.1. The summed E-state index contributed by atoms with van der Waals surface area (Å²) in [5.41, 5.74) is 7.42. The molecular formula is C14H16FN3. The van der Waals surface area contributed by atoms with Crippen molar-refractivity contribution in [3.05, 3.63) is 29.7 Å². The molecule has 0 unspecified atom stereocenters. The fourth-order valence-electron chi connectivity index (χ4n) is 2.83. The maximum absolute atomic E-state index is 13.4. The molecule has 3 nitrogen and oxygen atoms in total. The second-order valence-electron chi connectivity index (χ2n) is 4.96. The van der Waals surface area contributed by atoms with Crippen LogP contribution in [0.5, 0.6) is 0 Å². The number of benzene rings is 1. The van der Waals surface area contributed by atoms with Gasteiger partial charge in [-0.25, -0.2) is 14.4 Å². The van der Waals surface area contributed by atoms with Crippen molar-refractivity contribution in [2.24, 2.45) is 0 Å². The van der Waals surface area contributed by atoms with Gasteiger partial charge in [-0.1, -0.05) is 19.3 Å². The Morgan fingerprint density at radius 2 is 1.89 bits per heavy atom. The Morgan fingerprint density at radius 3 is 2.67 bits per heavy atom. The highest BCUT2D eigenvalue weighted by Gasteiger charge is 2.20. The van der Waals surface area contributed by atoms with Crippen molar-refractivity contribution in [1.29, 1.82) is 0 Å². The predicted octanol–water partition coefficient (Wildman–Crippen LogP) is 3.40. The van der Waals surface area contributed by atoms with E-state index in [1.54, 1.807) is 6.07 Å². The van der Waals surface area contributed by atoms with E-state index in [2.05, 4.69) is 9.97 Å². The van der Waals surface area contributed by atoms with E-state index in [0.29, 0.717) is 5.92 Å². The van der Waals surface area contributed by atoms with Crippen LogP contribution in [0.25, 0.3) is 10.9 Å². The smallest absolute Gasteiger partial charge is 0.220 e. The van der Waals surface area contributed by atoms with Crippen LogP contribution >= 0.6 is 0 Å². The lowest BCUT2D eigenvalue weighted by molar-refractivity contribution is 0.439. The van der Waals surface area contributed by atoms with Crippen LogP contribution in [-0.4, -0.2) is 9.97 Å². The highest BCUT2D eigenvalue weighted by molar-refractivity contribution is 5.82. The van der Waals surface area contributed by atoms with E-state index >= 15 is 0 Å². The molecule has 0 saturated heterocycles. The second-order valence-corrected chi connectivity index (χ2v) is 4.96. The van der Waals surface area contributed by atoms with Crippen LogP contribution in [0.2, 0.25) is 0 Å². The van der Waals surface area contributed by atoms with Gasteiger partial charge in [0.2, 0.25) is 5.95 Å². The van der Waals surface area contributed by atoms with Crippen molar-refractivity contribution in [3.8, 4) is 0 Å². The molecule has 0 radical (unpaired) electrons. The number of aromatic nitrogens is 2. The normalized spacial score (nSPS) is 17.2. The molecule has 2 aromatic rings. The van der Waals surface area contributed by atoms with Crippen molar-refractivity contribution in [2.75, 3.05) is 5.73 Å². The largest absolute Gasteiger partial charge is 0.368 e. The Balaban J connectivity index is 2.16. The number of rotatable bonds is 1. The number of hydrogen-bond acceptors (Lipinski definition) is 3. The van der Waals surface area contributed by atoms with E-state index < -0.39 is 0 Å². The first-order chi connectivity index (χ1) is 8.74. The zero-order chi connectivity index (χ0) is 12.5. The average Bonchev–Trinajstić information content (AvgIpc) is 2.39. The monoisotopic (exact) mass is 245 g/mol. The molecule has 0 atom stereocenters. The fraction of sp³-hybridized carbons (Fsp3) is 0.429. The minimum Gasteiger partial charge on any atom is -0.368 e. The summed E-state index contributed by atoms with van der Waals surface area (Å²) >= 11 is 0. The van der Waals surface area contributed by atoms with Gasteiger partial charge in [0.15, 0.2) is 0 Å². The molecule has 1 aromatic carbocycles. The van der Waals surface area contributed by atoms with Gasteiger partial charge < -0.3 is 5.73 Å². The molecule has 0 aliphatic heterocycles. The first-order valence-electron chi connectivity index (χ1n) is 6.47. The van der Waals surface area contributed by atoms with Crippen LogP contribution < -0.4 is 5.73 Å². The van der Waals surface area contributed by atoms with Gasteiger partial charge in [0.25, 0.3) is 0 Å². The molecule has 1 saturated carbocycles. The van der Waals surface area contributed by atoms with Crippen molar-refractivity contribution < 1.29 is 4.39 Å². The lowest BCUT2D eigenvalue weighted by Gasteiger charge is -2.22. The fourth-order valence-corrected chi connectivity index (χ4v) is 2.83. The van der Waals surface area contributed by atoms with Crippen molar-refractivity contribution in [3.63, 3.8) is 0 Å². The van der Waals surface area contributed by atoms with Gasteiger partial charge in [-0.05, 0) is 31.0 Å². The van der Waals surface area contributed by atoms with E-state index in [1.807, 2.05) is 0 Å². The number of nitrogens with two attached hydrogens (primary N) is 1. The standard InChI is InChI=1S/C14H16FN3/c15-10-6-7-12-11(8-10)13(18-14(16)17-12)9-4-2-1-3-5-9/h6-9H,1-5H2,(H2,16,17,18). The number of nitrogen functional groups attached to an aromatic ring is 1. The summed E-state index contributed by atoms with van der Waals surface area (Å²) in [4.78, 5) is 8.54. The van der Waals surface area contributed by atoms with Crippen LogP contribution in [0.4, 0.5) is 10.3 Å². The van der Waals surface area contributed by atoms with E-state index in [1.165, 1.54) is 31.4 Å². The third kappa shape index (κ3) is 2.03. The van der Waals surface area contributed by atoms with Gasteiger partial charge in [0.05, 0.1) is 11.2 Å². The minimum absolute atomic E-state index is 0.243. The summed E-state index contributed by atoms with van der Waals surface area (Å²) in [6.45, 7) is 0. The average molecular weight is 245 g/mol. The number of anilines is 1. The molecule has 1 fully saturated rings. The van der Waals surface area contributed by atoms with Crippen LogP contribution in [0.15, 0.2) is 18.2 Å². The predicted molar refractivity (Wildman–Crippen MR) is 69.7 cm³/mol. The molecular weight excluding hydrogens is 229 g/mol. The molecule has 1 heterocycles. The Morgan fingerprint density at radius 1 is 1.11 bits per heavy atom. The van der Waals surface area contributed by atoms with Gasteiger partial charge in [-0.15, -0.1) is 0 Å². The maximum Gasteiger partial charge on any atom is 0.220 e. The van der Waals surface area contributed by atoms with Crippen molar-refractivity contribution >= 4 is 16.9 Å². The third-order valence-corrected chi connectivity index (χ3v) is 3.70. The quantitative estimate of drug-likeness (QED) is 0.837. The van der Waals surface area contributed by atoms with E-state index in [0.717, 1.165) is 29.4 Å². The molecule has 1 aliphatic carbocycles. The molecule has 0 spiro atoms. The maximum atomic E-state index is 13.4. The van der Waals surface area contributed by atoms with Crippen LogP contribution in [0.3, 0.4) is 0 Å². The van der Waals surface area contributed by atoms with Gasteiger partial charge >= 0.3 is 0 Å². The molecule has 94 valence electrons. The molecule has 0 bridgehead atoms. The zero-order valence-electron chi connectivity index (χ0n) is 10.2. The van der Waals surface area contributed by atoms with Gasteiger partial charge in [0.1, 0.15) is 5.82 Å². The van der Waals surface area contributed by atoms with E-state index in [9.17, 15) is 4.39 Å². The minimum atomic E-state index is -0.243. The number of halogens is 1. The molecule has 1 aromatic heterocycles. The molecule has 18 heavy (non-hydrogen) atoms. The Labute approximate surface area is 105 Å². The summed E-state index contributed by atoms with van der Waals surface area (Å²) in [6, 6.07) is 4.62. The second kappa shape index (κ2) is 4.52. The molecule has 2 N–H and O–H groups in total. The number of nitrogens with zero attached hydrogens (tertiary/aromatic N) is 2. The van der Waals surface area contributed by atoms with Gasteiger partial charge in [-0.2, -0.15) is 0 Å². The first-order valence-corrected chi connectivity index (χ1v) is 6.47. The SMILES string of the molecule is Nc1nc(C2CCCCC2)c2cc(F)ccc2n1. The van der Waals surface area contributed by atoms with Crippen LogP contribution in [0, 0.1) is 5.82 Å². The highest BCUT2D eigenvalue weighted by Crippen LogP contribution is 2.35. The molecule has 3 rings (SSSR count). The summed E-state index contributed by atoms with van der Waals surface area (Å²) in [6.07, 6.45) is 5.93. The molecule has 1 aliphatic rings. The number of hydrogen-bond donors (Lipinski definition) is 1. The Bertz CT molecular complexity index is 577. The Hall–Kier alpha value is -1.71. The van der Waals surface area contributed by atoms with Crippen LogP contribution in [0.1, 0.15) is 43.7 Å². The van der Waals surface area contributed by atoms with E-state index in [4.69, 9.17) is 5.73 Å². The van der Waals surface area contributed by atoms with Gasteiger partial charge in [-0.3, -0.25) is 0 Å². The van der Waals surface area contributed by atoms with Gasteiger partial charge in [0, 0.05) is 11.3 Å². The lowest BCUT2D eigenvalue weighted by atomic mass is 9.85. The summed E-state index contributed by atoms with van der Waals surface area (Å²) < 4.78 is 13.4. The lowest BCUT2D eigenvalue weighted by Crippen LogP contribution is -2.09. The third-order valence-electron chi connectivity index (χ3n) is 3.70. The van der Waals surface area contributed by atoms with Crippen molar-refractivity contribution in [2.45, 2.75) is 38.0 Å². The zero-order valence-corrected chi connectivity index (χ0v) is 10.2. The summed E-state index contributed by atoms with van der Waals surface area (Å²) in [5, 5.41) is 0.816. The van der Waals surface area contributed by atoms with E-state index in [-0.39, 0.29) is 11.8 Å². The number of fused-ring (bicyclic) bond motifs is 1. The Kier molecular flexibility index (Phi) is 2.86. The van der Waals surface area contributed by atoms with Crippen molar-refractivity contribution in [1.82, 2.24) is 9.97 Å². The molecule has 4 heteroatoms. The first kappa shape index (κ1) is 11.4. The summed E-state index contributed by atoms with van der Waals surface area (Å²) in [7, 11) is 0. The molecule has 0 amide bonds.